The van der Waals surface area contributed by atoms with E-state index in [4.69, 9.17) is 5.11 Å². The molecule has 3 atom stereocenters. The lowest BCUT2D eigenvalue weighted by atomic mass is 10.0. The van der Waals surface area contributed by atoms with Crippen LogP contribution in [0.2, 0.25) is 0 Å². The van der Waals surface area contributed by atoms with Gasteiger partial charge in [0.1, 0.15) is 0 Å². The van der Waals surface area contributed by atoms with Gasteiger partial charge in [-0.05, 0) is 24.0 Å². The summed E-state index contributed by atoms with van der Waals surface area (Å²) in [6.07, 6.45) is 2.76. The number of carbonyl (C=O) groups is 2. The zero-order chi connectivity index (χ0) is 20.9. The fourth-order valence-corrected chi connectivity index (χ4v) is 6.26. The highest BCUT2D eigenvalue weighted by molar-refractivity contribution is 8.00. The van der Waals surface area contributed by atoms with Gasteiger partial charge in [-0.2, -0.15) is 11.8 Å². The first kappa shape index (κ1) is 20.8. The van der Waals surface area contributed by atoms with E-state index in [0.29, 0.717) is 24.8 Å². The van der Waals surface area contributed by atoms with Crippen molar-refractivity contribution in [2.45, 2.75) is 56.1 Å². The van der Waals surface area contributed by atoms with Crippen molar-refractivity contribution in [3.05, 3.63) is 71.8 Å². The predicted octanol–water partition coefficient (Wildman–Crippen LogP) is 4.62. The molecule has 2 heterocycles. The third kappa shape index (κ3) is 4.64. The Morgan fingerprint density at radius 1 is 0.933 bits per heavy atom. The molecule has 0 spiro atoms. The molecule has 30 heavy (non-hydrogen) atoms. The number of carboxylic acids is 1. The lowest BCUT2D eigenvalue weighted by Crippen LogP contribution is -2.40. The quantitative estimate of drug-likeness (QED) is 0.471. The number of nitrogens with zero attached hydrogens (tertiary/aromatic N) is 2. The second-order valence-corrected chi connectivity index (χ2v) is 9.35. The smallest absolute Gasteiger partial charge is 0.321 e. The Labute approximate surface area is 182 Å². The van der Waals surface area contributed by atoms with Crippen LogP contribution in [0.4, 0.5) is 4.79 Å². The van der Waals surface area contributed by atoms with Crippen molar-refractivity contribution in [1.82, 2.24) is 9.80 Å². The average Bonchev–Trinajstić information content (AvgIpc) is 3.27. The minimum atomic E-state index is -0.734. The number of hydrogen-bond donors (Lipinski definition) is 1. The third-order valence-corrected chi connectivity index (χ3v) is 7.51. The summed E-state index contributed by atoms with van der Waals surface area (Å²) in [7, 11) is 0. The van der Waals surface area contributed by atoms with E-state index in [2.05, 4.69) is 29.2 Å². The van der Waals surface area contributed by atoms with Crippen LogP contribution in [0.1, 0.15) is 36.8 Å². The molecule has 4 rings (SSSR count). The van der Waals surface area contributed by atoms with Gasteiger partial charge in [0.2, 0.25) is 0 Å². The molecule has 2 fully saturated rings. The van der Waals surface area contributed by atoms with Crippen molar-refractivity contribution in [3.8, 4) is 0 Å². The first-order valence-electron chi connectivity index (χ1n) is 10.6. The van der Waals surface area contributed by atoms with Gasteiger partial charge in [0.25, 0.3) is 0 Å². The molecule has 2 amide bonds. The molecule has 2 aliphatic rings. The maximum atomic E-state index is 13.5. The molecule has 6 heteroatoms. The van der Waals surface area contributed by atoms with Crippen molar-refractivity contribution >= 4 is 23.8 Å². The van der Waals surface area contributed by atoms with Crippen molar-refractivity contribution < 1.29 is 14.7 Å². The van der Waals surface area contributed by atoms with E-state index in [1.165, 1.54) is 0 Å². The van der Waals surface area contributed by atoms with E-state index in [9.17, 15) is 9.59 Å². The molecule has 2 saturated heterocycles. The molecule has 0 saturated carbocycles. The molecular formula is C24H28N2O3S. The first-order chi connectivity index (χ1) is 14.6. The van der Waals surface area contributed by atoms with Crippen LogP contribution in [0.25, 0.3) is 0 Å². The summed E-state index contributed by atoms with van der Waals surface area (Å²) < 4.78 is 0. The Balaban J connectivity index is 1.51. The van der Waals surface area contributed by atoms with Crippen molar-refractivity contribution in [1.29, 1.82) is 0 Å². The molecule has 158 valence electrons. The van der Waals surface area contributed by atoms with Crippen LogP contribution in [0, 0.1) is 0 Å². The number of aliphatic carboxylic acids is 1. The van der Waals surface area contributed by atoms with E-state index in [1.807, 2.05) is 53.1 Å². The molecule has 2 aromatic rings. The number of urea groups is 1. The summed E-state index contributed by atoms with van der Waals surface area (Å²) in [5.41, 5.74) is 2.30. The van der Waals surface area contributed by atoms with Gasteiger partial charge in [-0.25, -0.2) is 4.79 Å². The fourth-order valence-electron chi connectivity index (χ4n) is 4.58. The third-order valence-electron chi connectivity index (χ3n) is 6.03. The minimum absolute atomic E-state index is 0.119. The molecule has 2 unspecified atom stereocenters. The van der Waals surface area contributed by atoms with Crippen LogP contribution in [0.5, 0.6) is 0 Å². The van der Waals surface area contributed by atoms with Crippen molar-refractivity contribution in [3.63, 3.8) is 0 Å². The summed E-state index contributed by atoms with van der Waals surface area (Å²) in [6.45, 7) is 1.26. The summed E-state index contributed by atoms with van der Waals surface area (Å²) in [5.74, 6) is 0.209. The van der Waals surface area contributed by atoms with Gasteiger partial charge in [-0.1, -0.05) is 67.1 Å². The standard InChI is InChI=1S/C24H28N2O3S/c27-22(28)14-8-7-13-21-23-20(17-30-21)25(15-18-9-3-1-4-10-18)24(29)26(23)16-19-11-5-2-6-12-19/h1-6,9-12,20-21,23H,7-8,13-17H2,(H,27,28)/t20-,21?,23?/m0/s1. The number of rotatable bonds is 9. The lowest BCUT2D eigenvalue weighted by Gasteiger charge is -2.27. The summed E-state index contributed by atoms with van der Waals surface area (Å²) in [4.78, 5) is 28.4. The van der Waals surface area contributed by atoms with Crippen LogP contribution in [0.3, 0.4) is 0 Å². The topological polar surface area (TPSA) is 60.9 Å². The number of benzene rings is 2. The van der Waals surface area contributed by atoms with Gasteiger partial charge < -0.3 is 14.9 Å². The summed E-state index contributed by atoms with van der Waals surface area (Å²) >= 11 is 1.94. The number of hydrogen-bond acceptors (Lipinski definition) is 3. The largest absolute Gasteiger partial charge is 0.481 e. The normalized spacial score (nSPS) is 23.1. The van der Waals surface area contributed by atoms with E-state index >= 15 is 0 Å². The maximum Gasteiger partial charge on any atom is 0.321 e. The number of unbranched alkanes of at least 4 members (excludes halogenated alkanes) is 1. The molecule has 0 aromatic heterocycles. The van der Waals surface area contributed by atoms with Crippen LogP contribution in [0.15, 0.2) is 60.7 Å². The summed E-state index contributed by atoms with van der Waals surface area (Å²) in [6, 6.07) is 20.9. The van der Waals surface area contributed by atoms with Crippen LogP contribution < -0.4 is 0 Å². The molecule has 0 radical (unpaired) electrons. The Bertz CT molecular complexity index is 861. The first-order valence-corrected chi connectivity index (χ1v) is 11.7. The van der Waals surface area contributed by atoms with Crippen molar-refractivity contribution in [2.24, 2.45) is 0 Å². The highest BCUT2D eigenvalue weighted by atomic mass is 32.2. The molecule has 1 N–H and O–H groups in total. The number of amides is 2. The van der Waals surface area contributed by atoms with Gasteiger partial charge >= 0.3 is 12.0 Å². The number of carboxylic acid groups (broad SMARTS) is 1. The molecule has 0 bridgehead atoms. The van der Waals surface area contributed by atoms with Gasteiger partial charge in [0, 0.05) is 30.5 Å². The van der Waals surface area contributed by atoms with Gasteiger partial charge in [0.05, 0.1) is 12.1 Å². The zero-order valence-electron chi connectivity index (χ0n) is 17.0. The minimum Gasteiger partial charge on any atom is -0.481 e. The van der Waals surface area contributed by atoms with Crippen molar-refractivity contribution in [2.75, 3.05) is 5.75 Å². The van der Waals surface area contributed by atoms with Crippen LogP contribution >= 0.6 is 11.8 Å². The van der Waals surface area contributed by atoms with E-state index in [-0.39, 0.29) is 24.5 Å². The average molecular weight is 425 g/mol. The Morgan fingerprint density at radius 2 is 1.53 bits per heavy atom. The molecular weight excluding hydrogens is 396 g/mol. The Hall–Kier alpha value is -2.47. The second kappa shape index (κ2) is 9.56. The predicted molar refractivity (Wildman–Crippen MR) is 119 cm³/mol. The summed E-state index contributed by atoms with van der Waals surface area (Å²) in [5, 5.41) is 9.27. The Kier molecular flexibility index (Phi) is 6.62. The van der Waals surface area contributed by atoms with Gasteiger partial charge in [-0.15, -0.1) is 0 Å². The second-order valence-electron chi connectivity index (χ2n) is 8.08. The lowest BCUT2D eigenvalue weighted by molar-refractivity contribution is -0.137. The molecule has 2 aromatic carbocycles. The number of carbonyl (C=O) groups excluding carboxylic acids is 1. The van der Waals surface area contributed by atoms with E-state index in [1.54, 1.807) is 0 Å². The van der Waals surface area contributed by atoms with E-state index < -0.39 is 5.97 Å². The molecule has 2 aliphatic heterocycles. The van der Waals surface area contributed by atoms with Crippen LogP contribution in [-0.2, 0) is 17.9 Å². The number of thioether (sulfide) groups is 1. The highest BCUT2D eigenvalue weighted by Gasteiger charge is 2.52. The highest BCUT2D eigenvalue weighted by Crippen LogP contribution is 2.42. The molecule has 0 aliphatic carbocycles. The number of fused-ring (bicyclic) bond motifs is 1. The SMILES string of the molecule is O=C(O)CCCCC1SC[C@H]2C1N(Cc1ccccc1)C(=O)N2Cc1ccccc1. The zero-order valence-corrected chi connectivity index (χ0v) is 17.8. The van der Waals surface area contributed by atoms with Gasteiger partial charge in [0.15, 0.2) is 0 Å². The maximum absolute atomic E-state index is 13.5. The molecule has 5 nitrogen and oxygen atoms in total. The van der Waals surface area contributed by atoms with Gasteiger partial charge in [-0.3, -0.25) is 4.79 Å². The fraction of sp³-hybridized carbons (Fsp3) is 0.417. The monoisotopic (exact) mass is 424 g/mol. The Morgan fingerprint density at radius 3 is 2.13 bits per heavy atom. The van der Waals surface area contributed by atoms with E-state index in [0.717, 1.165) is 29.7 Å². The van der Waals surface area contributed by atoms with Crippen LogP contribution in [-0.4, -0.2) is 50.0 Å².